The number of likely N-dealkylation sites (tertiary alicyclic amines) is 1. The maximum atomic E-state index is 12.8. The first-order chi connectivity index (χ1) is 14.1. The topological polar surface area (TPSA) is 71.6 Å². The second kappa shape index (κ2) is 8.39. The van der Waals surface area contributed by atoms with Gasteiger partial charge in [0.25, 0.3) is 0 Å². The van der Waals surface area contributed by atoms with Gasteiger partial charge in [0.1, 0.15) is 12.7 Å². The highest BCUT2D eigenvalue weighted by Crippen LogP contribution is 2.28. The molecule has 2 atom stereocenters. The third-order valence-electron chi connectivity index (χ3n) is 5.28. The predicted octanol–water partition coefficient (Wildman–Crippen LogP) is 4.05. The number of nitrogens with zero attached hydrogens (tertiary/aromatic N) is 1. The van der Waals surface area contributed by atoms with Crippen molar-refractivity contribution in [2.45, 2.75) is 38.5 Å². The van der Waals surface area contributed by atoms with E-state index >= 15 is 0 Å². The monoisotopic (exact) mass is 392 g/mol. The van der Waals surface area contributed by atoms with Crippen LogP contribution in [0.25, 0.3) is 10.9 Å². The van der Waals surface area contributed by atoms with Crippen molar-refractivity contribution in [3.63, 3.8) is 0 Å². The Kier molecular flexibility index (Phi) is 5.51. The van der Waals surface area contributed by atoms with Crippen molar-refractivity contribution in [3.8, 4) is 0 Å². The predicted molar refractivity (Wildman–Crippen MR) is 109 cm³/mol. The van der Waals surface area contributed by atoms with Gasteiger partial charge in [0.15, 0.2) is 0 Å². The zero-order chi connectivity index (χ0) is 20.2. The molecule has 2 aromatic carbocycles. The highest BCUT2D eigenvalue weighted by molar-refractivity contribution is 5.83. The molecular formula is C23H24N2O4. The van der Waals surface area contributed by atoms with Crippen molar-refractivity contribution in [3.05, 3.63) is 71.9 Å². The number of H-pyrrole nitrogens is 1. The fraction of sp³-hybridized carbons (Fsp3) is 0.304. The Balaban J connectivity index is 1.49. The number of carbonyl (C=O) groups is 2. The molecule has 0 radical (unpaired) electrons. The number of carbonyl (C=O) groups excluding carboxylic acids is 2. The zero-order valence-corrected chi connectivity index (χ0v) is 16.3. The SMILES string of the molecule is CC(=O)O[C@H]1C[C@@H](Cc2c[nH]c3ccccc23)N(C(=O)OCc2ccccc2)C1. The number of hydrogen-bond acceptors (Lipinski definition) is 4. The molecule has 1 aliphatic rings. The van der Waals surface area contributed by atoms with Crippen LogP contribution in [-0.2, 0) is 27.3 Å². The third kappa shape index (κ3) is 4.42. The highest BCUT2D eigenvalue weighted by Gasteiger charge is 2.38. The van der Waals surface area contributed by atoms with Crippen LogP contribution in [0.1, 0.15) is 24.5 Å². The van der Waals surface area contributed by atoms with E-state index in [0.717, 1.165) is 22.0 Å². The first kappa shape index (κ1) is 19.1. The minimum atomic E-state index is -0.381. The number of aromatic nitrogens is 1. The lowest BCUT2D eigenvalue weighted by Gasteiger charge is -2.23. The van der Waals surface area contributed by atoms with E-state index in [1.165, 1.54) is 6.92 Å². The van der Waals surface area contributed by atoms with Crippen LogP contribution < -0.4 is 0 Å². The van der Waals surface area contributed by atoms with Gasteiger partial charge in [0.2, 0.25) is 0 Å². The number of hydrogen-bond donors (Lipinski definition) is 1. The van der Waals surface area contributed by atoms with Gasteiger partial charge < -0.3 is 19.4 Å². The molecule has 1 N–H and O–H groups in total. The Hall–Kier alpha value is -3.28. The van der Waals surface area contributed by atoms with Crippen LogP contribution in [-0.4, -0.2) is 40.6 Å². The normalized spacial score (nSPS) is 18.7. The number of fused-ring (bicyclic) bond motifs is 1. The number of benzene rings is 2. The van der Waals surface area contributed by atoms with E-state index in [4.69, 9.17) is 9.47 Å². The lowest BCUT2D eigenvalue weighted by molar-refractivity contribution is -0.145. The Labute approximate surface area is 169 Å². The molecule has 150 valence electrons. The van der Waals surface area contributed by atoms with E-state index in [1.807, 2.05) is 54.7 Å². The molecule has 1 fully saturated rings. The van der Waals surface area contributed by atoms with Crippen LogP contribution in [0.2, 0.25) is 0 Å². The zero-order valence-electron chi connectivity index (χ0n) is 16.3. The van der Waals surface area contributed by atoms with Crippen LogP contribution in [0, 0.1) is 0 Å². The maximum absolute atomic E-state index is 12.8. The molecule has 0 bridgehead atoms. The van der Waals surface area contributed by atoms with Crippen molar-refractivity contribution in [2.24, 2.45) is 0 Å². The summed E-state index contributed by atoms with van der Waals surface area (Å²) >= 11 is 0. The van der Waals surface area contributed by atoms with Crippen molar-refractivity contribution in [1.82, 2.24) is 9.88 Å². The number of ether oxygens (including phenoxy) is 2. The molecule has 0 aliphatic carbocycles. The molecule has 1 saturated heterocycles. The van der Waals surface area contributed by atoms with E-state index < -0.39 is 0 Å². The second-order valence-corrected chi connectivity index (χ2v) is 7.38. The number of esters is 1. The molecule has 0 spiro atoms. The summed E-state index contributed by atoms with van der Waals surface area (Å²) in [7, 11) is 0. The van der Waals surface area contributed by atoms with Gasteiger partial charge in [-0.2, -0.15) is 0 Å². The number of aromatic amines is 1. The lowest BCUT2D eigenvalue weighted by Crippen LogP contribution is -2.37. The van der Waals surface area contributed by atoms with Crippen LogP contribution in [0.5, 0.6) is 0 Å². The molecular weight excluding hydrogens is 368 g/mol. The summed E-state index contributed by atoms with van der Waals surface area (Å²) < 4.78 is 10.9. The van der Waals surface area contributed by atoms with Gasteiger partial charge in [-0.25, -0.2) is 4.79 Å². The average molecular weight is 392 g/mol. The minimum Gasteiger partial charge on any atom is -0.461 e. The number of nitrogens with one attached hydrogen (secondary N) is 1. The molecule has 0 saturated carbocycles. The molecule has 6 heteroatoms. The molecule has 29 heavy (non-hydrogen) atoms. The van der Waals surface area contributed by atoms with Crippen molar-refractivity contribution in [1.29, 1.82) is 0 Å². The molecule has 1 aromatic heterocycles. The molecule has 2 heterocycles. The lowest BCUT2D eigenvalue weighted by atomic mass is 10.0. The summed E-state index contributed by atoms with van der Waals surface area (Å²) in [6.45, 7) is 1.96. The first-order valence-electron chi connectivity index (χ1n) is 9.79. The van der Waals surface area contributed by atoms with Crippen molar-refractivity contribution in [2.75, 3.05) is 6.54 Å². The molecule has 6 nitrogen and oxygen atoms in total. The number of amides is 1. The Morgan fingerprint density at radius 2 is 1.86 bits per heavy atom. The summed E-state index contributed by atoms with van der Waals surface area (Å²) in [4.78, 5) is 29.2. The maximum Gasteiger partial charge on any atom is 0.410 e. The van der Waals surface area contributed by atoms with Gasteiger partial charge in [0, 0.05) is 36.5 Å². The number of para-hydroxylation sites is 1. The quantitative estimate of drug-likeness (QED) is 0.665. The summed E-state index contributed by atoms with van der Waals surface area (Å²) in [5.74, 6) is -0.333. The van der Waals surface area contributed by atoms with Gasteiger partial charge in [-0.15, -0.1) is 0 Å². The van der Waals surface area contributed by atoms with Crippen LogP contribution >= 0.6 is 0 Å². The first-order valence-corrected chi connectivity index (χ1v) is 9.79. The summed E-state index contributed by atoms with van der Waals surface area (Å²) in [6, 6.07) is 17.6. The highest BCUT2D eigenvalue weighted by atomic mass is 16.6. The second-order valence-electron chi connectivity index (χ2n) is 7.38. The molecule has 1 amide bonds. The Bertz CT molecular complexity index is 998. The van der Waals surface area contributed by atoms with Gasteiger partial charge in [-0.05, 0) is 23.6 Å². The van der Waals surface area contributed by atoms with E-state index in [0.29, 0.717) is 19.4 Å². The van der Waals surface area contributed by atoms with Gasteiger partial charge in [-0.1, -0.05) is 48.5 Å². The smallest absolute Gasteiger partial charge is 0.410 e. The fourth-order valence-electron chi connectivity index (χ4n) is 3.97. The van der Waals surface area contributed by atoms with Gasteiger partial charge in [0.05, 0.1) is 6.54 Å². The standard InChI is InChI=1S/C23H24N2O4/c1-16(26)29-20-12-19(11-18-13-24-22-10-6-5-9-21(18)22)25(14-20)23(27)28-15-17-7-3-2-4-8-17/h2-10,13,19-20,24H,11-12,14-15H2,1H3/t19-,20+/m1/s1. The van der Waals surface area contributed by atoms with E-state index in [-0.39, 0.29) is 30.8 Å². The van der Waals surface area contributed by atoms with Gasteiger partial charge >= 0.3 is 12.1 Å². The fourth-order valence-corrected chi connectivity index (χ4v) is 3.97. The van der Waals surface area contributed by atoms with Crippen molar-refractivity contribution >= 4 is 23.0 Å². The van der Waals surface area contributed by atoms with Crippen LogP contribution in [0.15, 0.2) is 60.8 Å². The third-order valence-corrected chi connectivity index (χ3v) is 5.28. The molecule has 1 aliphatic heterocycles. The molecule has 0 unspecified atom stereocenters. The largest absolute Gasteiger partial charge is 0.461 e. The molecule has 4 rings (SSSR count). The number of rotatable bonds is 5. The van der Waals surface area contributed by atoms with Gasteiger partial charge in [-0.3, -0.25) is 4.79 Å². The Morgan fingerprint density at radius 1 is 1.10 bits per heavy atom. The van der Waals surface area contributed by atoms with Crippen LogP contribution in [0.4, 0.5) is 4.79 Å². The Morgan fingerprint density at radius 3 is 2.66 bits per heavy atom. The van der Waals surface area contributed by atoms with E-state index in [9.17, 15) is 9.59 Å². The average Bonchev–Trinajstić information content (AvgIpc) is 3.31. The van der Waals surface area contributed by atoms with E-state index in [2.05, 4.69) is 11.1 Å². The summed E-state index contributed by atoms with van der Waals surface area (Å²) in [6.07, 6.45) is 2.55. The molecule has 3 aromatic rings. The minimum absolute atomic E-state index is 0.0955. The van der Waals surface area contributed by atoms with Crippen LogP contribution in [0.3, 0.4) is 0 Å². The van der Waals surface area contributed by atoms with Crippen molar-refractivity contribution < 1.29 is 19.1 Å². The van der Waals surface area contributed by atoms with E-state index in [1.54, 1.807) is 4.90 Å². The summed E-state index contributed by atoms with van der Waals surface area (Å²) in [5.41, 5.74) is 3.13. The summed E-state index contributed by atoms with van der Waals surface area (Å²) in [5, 5.41) is 1.14.